The Morgan fingerprint density at radius 2 is 2.06 bits per heavy atom. The number of carbonyl (C=O) groups is 1. The molecule has 0 aliphatic carbocycles. The van der Waals surface area contributed by atoms with Crippen molar-refractivity contribution in [1.82, 2.24) is 5.32 Å². The smallest absolute Gasteiger partial charge is 0.241 e. The highest BCUT2D eigenvalue weighted by atomic mass is 16.3. The van der Waals surface area contributed by atoms with Crippen molar-refractivity contribution in [2.75, 3.05) is 6.54 Å². The van der Waals surface area contributed by atoms with E-state index >= 15 is 0 Å². The number of hydrogen-bond donors (Lipinski definition) is 3. The van der Waals surface area contributed by atoms with Crippen LogP contribution in [0.25, 0.3) is 0 Å². The van der Waals surface area contributed by atoms with Gasteiger partial charge in [-0.25, -0.2) is 0 Å². The zero-order chi connectivity index (χ0) is 12.7. The fourth-order valence-electron chi connectivity index (χ4n) is 1.53. The molecule has 0 saturated heterocycles. The van der Waals surface area contributed by atoms with Gasteiger partial charge in [-0.15, -0.1) is 0 Å². The maximum Gasteiger partial charge on any atom is 0.241 e. The Morgan fingerprint density at radius 3 is 2.65 bits per heavy atom. The molecule has 17 heavy (non-hydrogen) atoms. The average molecular weight is 236 g/mol. The molecule has 2 atom stereocenters. The lowest BCUT2D eigenvalue weighted by atomic mass is 10.1. The highest BCUT2D eigenvalue weighted by Crippen LogP contribution is 2.09. The molecule has 0 fully saturated rings. The summed E-state index contributed by atoms with van der Waals surface area (Å²) in [5.41, 5.74) is 6.63. The molecule has 1 rings (SSSR count). The summed E-state index contributed by atoms with van der Waals surface area (Å²) in [5, 5.41) is 11.8. The molecule has 1 aromatic rings. The van der Waals surface area contributed by atoms with Gasteiger partial charge in [-0.1, -0.05) is 30.3 Å². The van der Waals surface area contributed by atoms with E-state index in [1.807, 2.05) is 30.3 Å². The number of nitrogens with one attached hydrogen (secondary N) is 1. The number of hydrogen-bond acceptors (Lipinski definition) is 3. The van der Waals surface area contributed by atoms with Crippen molar-refractivity contribution in [2.45, 2.75) is 31.9 Å². The number of carbonyl (C=O) groups excluding carboxylic acids is 1. The molecular weight excluding hydrogens is 216 g/mol. The topological polar surface area (TPSA) is 75.3 Å². The van der Waals surface area contributed by atoms with Crippen LogP contribution in [0.15, 0.2) is 30.3 Å². The Morgan fingerprint density at radius 1 is 1.41 bits per heavy atom. The van der Waals surface area contributed by atoms with E-state index in [0.717, 1.165) is 12.0 Å². The van der Waals surface area contributed by atoms with Crippen molar-refractivity contribution in [3.8, 4) is 0 Å². The molecule has 4 N–H and O–H groups in total. The molecular formula is C13H20N2O2. The number of nitrogens with two attached hydrogens (primary N) is 1. The van der Waals surface area contributed by atoms with Crippen LogP contribution in [-0.4, -0.2) is 23.7 Å². The van der Waals surface area contributed by atoms with E-state index in [4.69, 9.17) is 10.8 Å². The van der Waals surface area contributed by atoms with Crippen LogP contribution in [-0.2, 0) is 4.79 Å². The first-order valence-corrected chi connectivity index (χ1v) is 5.87. The first-order chi connectivity index (χ1) is 8.11. The Labute approximate surface area is 102 Å². The fourth-order valence-corrected chi connectivity index (χ4v) is 1.53. The van der Waals surface area contributed by atoms with Gasteiger partial charge in [0.2, 0.25) is 5.91 Å². The summed E-state index contributed by atoms with van der Waals surface area (Å²) in [6, 6.07) is 8.64. The Balaban J connectivity index is 2.33. The molecule has 1 aromatic carbocycles. The molecule has 0 saturated carbocycles. The predicted octanol–water partition coefficient (Wildman–Crippen LogP) is 0.964. The minimum absolute atomic E-state index is 0.179. The van der Waals surface area contributed by atoms with Gasteiger partial charge < -0.3 is 16.2 Å². The zero-order valence-electron chi connectivity index (χ0n) is 10.1. The van der Waals surface area contributed by atoms with E-state index in [2.05, 4.69) is 5.32 Å². The van der Waals surface area contributed by atoms with E-state index in [-0.39, 0.29) is 12.0 Å². The standard InChI is InChI=1S/C13H20N2O2/c1-10(16)6-5-9-15-13(17)12(14)11-7-3-2-4-8-11/h2-4,7-8,10,12,16H,5-6,9,14H2,1H3,(H,15,17)/t10?,12-/m0/s1. The molecule has 0 spiro atoms. The van der Waals surface area contributed by atoms with E-state index in [1.54, 1.807) is 6.92 Å². The number of benzene rings is 1. The predicted molar refractivity (Wildman–Crippen MR) is 67.3 cm³/mol. The molecule has 4 nitrogen and oxygen atoms in total. The third-order valence-electron chi connectivity index (χ3n) is 2.54. The molecule has 0 radical (unpaired) electrons. The maximum absolute atomic E-state index is 11.7. The van der Waals surface area contributed by atoms with Crippen molar-refractivity contribution in [2.24, 2.45) is 5.73 Å². The summed E-state index contributed by atoms with van der Waals surface area (Å²) in [6.45, 7) is 2.28. The van der Waals surface area contributed by atoms with Gasteiger partial charge in [0.05, 0.1) is 6.10 Å². The summed E-state index contributed by atoms with van der Waals surface area (Å²) >= 11 is 0. The third-order valence-corrected chi connectivity index (χ3v) is 2.54. The van der Waals surface area contributed by atoms with E-state index in [1.165, 1.54) is 0 Å². The second kappa shape index (κ2) is 7.04. The lowest BCUT2D eigenvalue weighted by Crippen LogP contribution is -2.34. The zero-order valence-corrected chi connectivity index (χ0v) is 10.1. The summed E-state index contributed by atoms with van der Waals surface area (Å²) in [4.78, 5) is 11.7. The normalized spacial score (nSPS) is 14.1. The number of aliphatic hydroxyl groups is 1. The molecule has 0 heterocycles. The molecule has 0 aliphatic rings. The van der Waals surface area contributed by atoms with Gasteiger partial charge in [-0.05, 0) is 25.3 Å². The van der Waals surface area contributed by atoms with Crippen molar-refractivity contribution < 1.29 is 9.90 Å². The molecule has 94 valence electrons. The molecule has 1 unspecified atom stereocenters. The van der Waals surface area contributed by atoms with E-state index < -0.39 is 6.04 Å². The highest BCUT2D eigenvalue weighted by Gasteiger charge is 2.14. The largest absolute Gasteiger partial charge is 0.393 e. The molecule has 0 aromatic heterocycles. The summed E-state index contributed by atoms with van der Waals surface area (Å²) in [6.07, 6.45) is 1.11. The second-order valence-corrected chi connectivity index (χ2v) is 4.17. The number of aliphatic hydroxyl groups excluding tert-OH is 1. The first kappa shape index (κ1) is 13.7. The van der Waals surface area contributed by atoms with Crippen LogP contribution >= 0.6 is 0 Å². The van der Waals surface area contributed by atoms with Gasteiger partial charge in [-0.2, -0.15) is 0 Å². The van der Waals surface area contributed by atoms with Crippen LogP contribution in [0.1, 0.15) is 31.4 Å². The average Bonchev–Trinajstić information content (AvgIpc) is 2.34. The van der Waals surface area contributed by atoms with Gasteiger partial charge in [0.1, 0.15) is 6.04 Å². The lowest BCUT2D eigenvalue weighted by Gasteiger charge is -2.12. The van der Waals surface area contributed by atoms with Crippen LogP contribution in [0.2, 0.25) is 0 Å². The Hall–Kier alpha value is -1.39. The van der Waals surface area contributed by atoms with Crippen LogP contribution in [0.4, 0.5) is 0 Å². The summed E-state index contributed by atoms with van der Waals surface area (Å²) in [7, 11) is 0. The van der Waals surface area contributed by atoms with Crippen LogP contribution < -0.4 is 11.1 Å². The van der Waals surface area contributed by atoms with E-state index in [0.29, 0.717) is 13.0 Å². The van der Waals surface area contributed by atoms with Crippen molar-refractivity contribution in [1.29, 1.82) is 0 Å². The van der Waals surface area contributed by atoms with Gasteiger partial charge >= 0.3 is 0 Å². The number of rotatable bonds is 6. The minimum atomic E-state index is -0.622. The van der Waals surface area contributed by atoms with Crippen molar-refractivity contribution in [3.63, 3.8) is 0 Å². The minimum Gasteiger partial charge on any atom is -0.393 e. The third kappa shape index (κ3) is 4.97. The SMILES string of the molecule is CC(O)CCCNC(=O)[C@@H](N)c1ccccc1. The van der Waals surface area contributed by atoms with Gasteiger partial charge in [0.15, 0.2) is 0 Å². The molecule has 0 bridgehead atoms. The Kier molecular flexibility index (Phi) is 5.66. The number of amides is 1. The van der Waals surface area contributed by atoms with Gasteiger partial charge in [0, 0.05) is 6.54 Å². The summed E-state index contributed by atoms with van der Waals surface area (Å²) in [5.74, 6) is -0.179. The molecule has 0 aliphatic heterocycles. The maximum atomic E-state index is 11.7. The van der Waals surface area contributed by atoms with Gasteiger partial charge in [0.25, 0.3) is 0 Å². The lowest BCUT2D eigenvalue weighted by molar-refractivity contribution is -0.122. The molecule has 4 heteroatoms. The highest BCUT2D eigenvalue weighted by molar-refractivity contribution is 5.82. The summed E-state index contributed by atoms with van der Waals surface area (Å²) < 4.78 is 0. The molecule has 1 amide bonds. The van der Waals surface area contributed by atoms with Crippen LogP contribution in [0.3, 0.4) is 0 Å². The van der Waals surface area contributed by atoms with Crippen molar-refractivity contribution in [3.05, 3.63) is 35.9 Å². The van der Waals surface area contributed by atoms with Crippen LogP contribution in [0, 0.1) is 0 Å². The fraction of sp³-hybridized carbons (Fsp3) is 0.462. The van der Waals surface area contributed by atoms with Crippen molar-refractivity contribution >= 4 is 5.91 Å². The van der Waals surface area contributed by atoms with Gasteiger partial charge in [-0.3, -0.25) is 4.79 Å². The second-order valence-electron chi connectivity index (χ2n) is 4.17. The first-order valence-electron chi connectivity index (χ1n) is 5.87. The van der Waals surface area contributed by atoms with E-state index in [9.17, 15) is 4.79 Å². The van der Waals surface area contributed by atoms with Crippen LogP contribution in [0.5, 0.6) is 0 Å². The quantitative estimate of drug-likeness (QED) is 0.644. The monoisotopic (exact) mass is 236 g/mol. The Bertz CT molecular complexity index is 339.